The van der Waals surface area contributed by atoms with Crippen LogP contribution in [0.15, 0.2) is 72.8 Å². The van der Waals surface area contributed by atoms with Crippen molar-refractivity contribution in [3.8, 4) is 11.5 Å². The lowest BCUT2D eigenvalue weighted by molar-refractivity contribution is -0.140. The lowest BCUT2D eigenvalue weighted by Gasteiger charge is -2.15. The van der Waals surface area contributed by atoms with E-state index in [0.29, 0.717) is 37.2 Å². The Morgan fingerprint density at radius 3 is 1.47 bits per heavy atom. The average Bonchev–Trinajstić information content (AvgIpc) is 2.82. The second kappa shape index (κ2) is 11.9. The zero-order valence-electron chi connectivity index (χ0n) is 19.7. The fourth-order valence-electron chi connectivity index (χ4n) is 3.29. The standard InChI is InChI=1S/C28H30O6/c1-19(2)27(29)33-15-7-13-31-25-11-12-26(32-14-8-16-34-28(30)20(3)4)24-18-22-10-6-5-9-21(22)17-23(24)25/h5-6,9-12,17-18H,1,3,7-8,13-16H2,2,4H3. The van der Waals surface area contributed by atoms with Crippen molar-refractivity contribution in [3.63, 3.8) is 0 Å². The Morgan fingerprint density at radius 2 is 1.09 bits per heavy atom. The molecule has 3 rings (SSSR count). The summed E-state index contributed by atoms with van der Waals surface area (Å²) in [5, 5.41) is 4.06. The summed E-state index contributed by atoms with van der Waals surface area (Å²) in [6.45, 7) is 11.7. The van der Waals surface area contributed by atoms with Gasteiger partial charge in [0.05, 0.1) is 26.4 Å². The van der Waals surface area contributed by atoms with Gasteiger partial charge in [0.2, 0.25) is 0 Å². The van der Waals surface area contributed by atoms with E-state index in [2.05, 4.69) is 37.4 Å². The molecule has 0 unspecified atom stereocenters. The Kier molecular flexibility index (Phi) is 8.68. The number of ether oxygens (including phenoxy) is 4. The monoisotopic (exact) mass is 462 g/mol. The molecule has 6 heteroatoms. The summed E-state index contributed by atoms with van der Waals surface area (Å²) >= 11 is 0. The van der Waals surface area contributed by atoms with E-state index in [1.165, 1.54) is 0 Å². The Balaban J connectivity index is 1.70. The quantitative estimate of drug-likeness (QED) is 0.147. The van der Waals surface area contributed by atoms with E-state index in [9.17, 15) is 9.59 Å². The highest BCUT2D eigenvalue weighted by atomic mass is 16.5. The van der Waals surface area contributed by atoms with E-state index < -0.39 is 11.9 Å². The highest BCUT2D eigenvalue weighted by Crippen LogP contribution is 2.36. The number of rotatable bonds is 12. The summed E-state index contributed by atoms with van der Waals surface area (Å²) < 4.78 is 22.3. The number of hydrogen-bond acceptors (Lipinski definition) is 6. The van der Waals surface area contributed by atoms with E-state index in [4.69, 9.17) is 18.9 Å². The number of carbonyl (C=O) groups is 2. The van der Waals surface area contributed by atoms with Gasteiger partial charge in [-0.25, -0.2) is 9.59 Å². The van der Waals surface area contributed by atoms with Crippen LogP contribution in [0.2, 0.25) is 0 Å². The van der Waals surface area contributed by atoms with E-state index in [1.54, 1.807) is 13.8 Å². The fourth-order valence-corrected chi connectivity index (χ4v) is 3.29. The third kappa shape index (κ3) is 6.61. The van der Waals surface area contributed by atoms with Gasteiger partial charge >= 0.3 is 11.9 Å². The Morgan fingerprint density at radius 1 is 0.676 bits per heavy atom. The Bertz CT molecular complexity index is 1120. The molecule has 0 saturated carbocycles. The maximum absolute atomic E-state index is 11.5. The molecule has 0 bridgehead atoms. The van der Waals surface area contributed by atoms with Crippen LogP contribution in [0.3, 0.4) is 0 Å². The SMILES string of the molecule is C=C(C)C(=O)OCCCOc1ccc(OCCCOC(=O)C(=C)C)c2cc3ccccc3cc12. The van der Waals surface area contributed by atoms with Crippen LogP contribution in [-0.4, -0.2) is 38.4 Å². The van der Waals surface area contributed by atoms with Gasteiger partial charge in [0.25, 0.3) is 0 Å². The van der Waals surface area contributed by atoms with Gasteiger partial charge in [0.15, 0.2) is 0 Å². The largest absolute Gasteiger partial charge is 0.493 e. The Labute approximate surface area is 199 Å². The molecular weight excluding hydrogens is 432 g/mol. The second-order valence-electron chi connectivity index (χ2n) is 8.04. The summed E-state index contributed by atoms with van der Waals surface area (Å²) in [4.78, 5) is 23.0. The number of esters is 2. The molecule has 0 N–H and O–H groups in total. The molecule has 3 aromatic carbocycles. The van der Waals surface area contributed by atoms with Crippen molar-refractivity contribution >= 4 is 33.5 Å². The summed E-state index contributed by atoms with van der Waals surface area (Å²) in [6, 6.07) is 16.0. The molecule has 6 nitrogen and oxygen atoms in total. The van der Waals surface area contributed by atoms with E-state index >= 15 is 0 Å². The van der Waals surface area contributed by atoms with Crippen LogP contribution in [0.25, 0.3) is 21.5 Å². The van der Waals surface area contributed by atoms with Gasteiger partial charge in [-0.3, -0.25) is 0 Å². The minimum absolute atomic E-state index is 0.268. The summed E-state index contributed by atoms with van der Waals surface area (Å²) in [7, 11) is 0. The first-order valence-corrected chi connectivity index (χ1v) is 11.2. The van der Waals surface area contributed by atoms with Crippen LogP contribution >= 0.6 is 0 Å². The van der Waals surface area contributed by atoms with E-state index in [1.807, 2.05) is 24.3 Å². The molecule has 0 spiro atoms. The topological polar surface area (TPSA) is 71.1 Å². The van der Waals surface area contributed by atoms with Gasteiger partial charge in [-0.2, -0.15) is 0 Å². The van der Waals surface area contributed by atoms with Gasteiger partial charge in [0.1, 0.15) is 11.5 Å². The normalized spacial score (nSPS) is 10.6. The lowest BCUT2D eigenvalue weighted by atomic mass is 10.0. The Hall–Kier alpha value is -3.80. The molecule has 0 aliphatic carbocycles. The van der Waals surface area contributed by atoms with Crippen molar-refractivity contribution in [2.75, 3.05) is 26.4 Å². The summed E-state index contributed by atoms with van der Waals surface area (Å²) in [5.41, 5.74) is 0.756. The highest BCUT2D eigenvalue weighted by Gasteiger charge is 2.11. The average molecular weight is 463 g/mol. The van der Waals surface area contributed by atoms with Crippen LogP contribution in [0.4, 0.5) is 0 Å². The van der Waals surface area contributed by atoms with E-state index in [-0.39, 0.29) is 13.2 Å². The third-order valence-electron chi connectivity index (χ3n) is 5.06. The molecule has 0 aromatic heterocycles. The molecule has 0 radical (unpaired) electrons. The molecule has 0 heterocycles. The number of carbonyl (C=O) groups excluding carboxylic acids is 2. The van der Waals surface area contributed by atoms with Gasteiger partial charge in [-0.05, 0) is 48.9 Å². The first-order valence-electron chi connectivity index (χ1n) is 11.2. The van der Waals surface area contributed by atoms with Crippen molar-refractivity contribution in [1.29, 1.82) is 0 Å². The van der Waals surface area contributed by atoms with E-state index in [0.717, 1.165) is 33.0 Å². The number of benzene rings is 3. The zero-order chi connectivity index (χ0) is 24.5. The van der Waals surface area contributed by atoms with Gasteiger partial charge in [-0.15, -0.1) is 0 Å². The molecular formula is C28H30O6. The zero-order valence-corrected chi connectivity index (χ0v) is 19.7. The summed E-state index contributed by atoms with van der Waals surface area (Å²) in [6.07, 6.45) is 1.13. The second-order valence-corrected chi connectivity index (χ2v) is 8.04. The molecule has 0 fully saturated rings. The maximum atomic E-state index is 11.5. The van der Waals surface area contributed by atoms with Crippen LogP contribution in [0, 0.1) is 0 Å². The van der Waals surface area contributed by atoms with Crippen molar-refractivity contribution in [2.45, 2.75) is 26.7 Å². The molecule has 0 amide bonds. The first kappa shape index (κ1) is 24.8. The van der Waals surface area contributed by atoms with Crippen LogP contribution in [0.5, 0.6) is 11.5 Å². The highest BCUT2D eigenvalue weighted by molar-refractivity contribution is 6.03. The molecule has 0 aliphatic rings. The van der Waals surface area contributed by atoms with Gasteiger partial charge in [0, 0.05) is 34.8 Å². The van der Waals surface area contributed by atoms with Crippen LogP contribution in [-0.2, 0) is 19.1 Å². The molecule has 0 saturated heterocycles. The molecule has 34 heavy (non-hydrogen) atoms. The predicted octanol–water partition coefficient (Wildman–Crippen LogP) is 5.77. The van der Waals surface area contributed by atoms with Crippen LogP contribution < -0.4 is 9.47 Å². The lowest BCUT2D eigenvalue weighted by Crippen LogP contribution is -2.10. The molecule has 3 aromatic rings. The molecule has 0 aliphatic heterocycles. The van der Waals surface area contributed by atoms with Crippen LogP contribution in [0.1, 0.15) is 26.7 Å². The number of fused-ring (bicyclic) bond motifs is 2. The minimum Gasteiger partial charge on any atom is -0.493 e. The number of hydrogen-bond donors (Lipinski definition) is 0. The minimum atomic E-state index is -0.396. The summed E-state index contributed by atoms with van der Waals surface area (Å²) in [5.74, 6) is 0.671. The maximum Gasteiger partial charge on any atom is 0.333 e. The molecule has 178 valence electrons. The van der Waals surface area contributed by atoms with Crippen molar-refractivity contribution in [1.82, 2.24) is 0 Å². The first-order chi connectivity index (χ1) is 16.4. The van der Waals surface area contributed by atoms with Crippen molar-refractivity contribution in [2.24, 2.45) is 0 Å². The fraction of sp³-hybridized carbons (Fsp3) is 0.286. The van der Waals surface area contributed by atoms with Gasteiger partial charge in [-0.1, -0.05) is 37.4 Å². The molecule has 0 atom stereocenters. The van der Waals surface area contributed by atoms with Crippen molar-refractivity contribution < 1.29 is 28.5 Å². The third-order valence-corrected chi connectivity index (χ3v) is 5.06. The van der Waals surface area contributed by atoms with Gasteiger partial charge < -0.3 is 18.9 Å². The van der Waals surface area contributed by atoms with Crippen molar-refractivity contribution in [3.05, 3.63) is 72.8 Å². The predicted molar refractivity (Wildman–Crippen MR) is 133 cm³/mol. The smallest absolute Gasteiger partial charge is 0.333 e.